The third-order valence-electron chi connectivity index (χ3n) is 3.40. The average Bonchev–Trinajstić information content (AvgIpc) is 2.63. The molecule has 0 aromatic carbocycles. The van der Waals surface area contributed by atoms with E-state index in [1.807, 2.05) is 11.3 Å². The van der Waals surface area contributed by atoms with Crippen molar-refractivity contribution < 1.29 is 0 Å². The van der Waals surface area contributed by atoms with E-state index in [1.54, 1.807) is 0 Å². The summed E-state index contributed by atoms with van der Waals surface area (Å²) in [6, 6.07) is 4.68. The first-order valence-electron chi connectivity index (χ1n) is 5.91. The largest absolute Gasteiger partial charge is 0.271 e. The molecule has 84 valence electrons. The Balaban J connectivity index is 2.04. The summed E-state index contributed by atoms with van der Waals surface area (Å²) >= 11 is 1.81. The van der Waals surface area contributed by atoms with Gasteiger partial charge in [0.25, 0.3) is 0 Å². The molecular formula is C12H20N2S. The molecule has 1 saturated carbocycles. The maximum Gasteiger partial charge on any atom is 0.0581 e. The molecule has 0 saturated heterocycles. The Morgan fingerprint density at radius 3 is 2.53 bits per heavy atom. The van der Waals surface area contributed by atoms with Crippen LogP contribution >= 0.6 is 11.3 Å². The predicted octanol–water partition coefficient (Wildman–Crippen LogP) is 3.22. The minimum atomic E-state index is 0.378. The third-order valence-corrected chi connectivity index (χ3v) is 4.36. The second-order valence-electron chi connectivity index (χ2n) is 4.41. The lowest BCUT2D eigenvalue weighted by molar-refractivity contribution is 0.333. The van der Waals surface area contributed by atoms with Crippen LogP contribution in [0, 0.1) is 5.92 Å². The summed E-state index contributed by atoms with van der Waals surface area (Å²) in [5.74, 6) is 6.44. The first-order valence-corrected chi connectivity index (χ1v) is 6.79. The molecule has 0 spiro atoms. The van der Waals surface area contributed by atoms with Crippen molar-refractivity contribution in [1.82, 2.24) is 5.43 Å². The van der Waals surface area contributed by atoms with Gasteiger partial charge in [-0.2, -0.15) is 0 Å². The van der Waals surface area contributed by atoms with Gasteiger partial charge in [0.2, 0.25) is 0 Å². The number of rotatable bonds is 3. The lowest BCUT2D eigenvalue weighted by atomic mass is 9.91. The van der Waals surface area contributed by atoms with E-state index in [0.29, 0.717) is 6.04 Å². The summed E-state index contributed by atoms with van der Waals surface area (Å²) in [5.41, 5.74) is 3.01. The van der Waals surface area contributed by atoms with E-state index in [-0.39, 0.29) is 0 Å². The molecular weight excluding hydrogens is 204 g/mol. The Morgan fingerprint density at radius 1 is 1.27 bits per heavy atom. The summed E-state index contributed by atoms with van der Waals surface area (Å²) in [5, 5.41) is 2.14. The predicted molar refractivity (Wildman–Crippen MR) is 65.6 cm³/mol. The topological polar surface area (TPSA) is 38.0 Å². The molecule has 1 atom stereocenters. The van der Waals surface area contributed by atoms with Crippen LogP contribution in [0.4, 0.5) is 0 Å². The zero-order chi connectivity index (χ0) is 10.5. The van der Waals surface area contributed by atoms with Gasteiger partial charge in [-0.05, 0) is 30.2 Å². The van der Waals surface area contributed by atoms with Crippen molar-refractivity contribution in [1.29, 1.82) is 0 Å². The Morgan fingerprint density at radius 2 is 2.00 bits per heavy atom. The molecule has 1 fully saturated rings. The van der Waals surface area contributed by atoms with E-state index in [0.717, 1.165) is 5.92 Å². The maximum absolute atomic E-state index is 5.70. The van der Waals surface area contributed by atoms with Crippen molar-refractivity contribution in [3.05, 3.63) is 22.4 Å². The van der Waals surface area contributed by atoms with Crippen LogP contribution in [0.5, 0.6) is 0 Å². The van der Waals surface area contributed by atoms with E-state index in [1.165, 1.54) is 43.4 Å². The number of hydrogen-bond acceptors (Lipinski definition) is 3. The van der Waals surface area contributed by atoms with E-state index < -0.39 is 0 Å². The monoisotopic (exact) mass is 224 g/mol. The van der Waals surface area contributed by atoms with Gasteiger partial charge in [0.05, 0.1) is 6.04 Å². The molecule has 15 heavy (non-hydrogen) atoms. The number of thiophene rings is 1. The van der Waals surface area contributed by atoms with Gasteiger partial charge in [-0.3, -0.25) is 11.3 Å². The number of hydrogen-bond donors (Lipinski definition) is 2. The fourth-order valence-electron chi connectivity index (χ4n) is 2.56. The van der Waals surface area contributed by atoms with E-state index in [2.05, 4.69) is 22.9 Å². The maximum atomic E-state index is 5.70. The van der Waals surface area contributed by atoms with Gasteiger partial charge in [0.15, 0.2) is 0 Å². The summed E-state index contributed by atoms with van der Waals surface area (Å²) in [7, 11) is 0. The van der Waals surface area contributed by atoms with Crippen LogP contribution in [0.15, 0.2) is 17.5 Å². The molecule has 0 amide bonds. The molecule has 0 aliphatic heterocycles. The second-order valence-corrected chi connectivity index (χ2v) is 5.39. The van der Waals surface area contributed by atoms with Crippen LogP contribution in [0.25, 0.3) is 0 Å². The summed E-state index contributed by atoms with van der Waals surface area (Å²) < 4.78 is 0. The molecule has 0 radical (unpaired) electrons. The van der Waals surface area contributed by atoms with Crippen molar-refractivity contribution in [2.45, 2.75) is 44.6 Å². The highest BCUT2D eigenvalue weighted by atomic mass is 32.1. The quantitative estimate of drug-likeness (QED) is 0.470. The van der Waals surface area contributed by atoms with Gasteiger partial charge in [-0.15, -0.1) is 11.3 Å². The van der Waals surface area contributed by atoms with E-state index in [9.17, 15) is 0 Å². The molecule has 1 unspecified atom stereocenters. The number of hydrazine groups is 1. The molecule has 2 rings (SSSR count). The molecule has 0 bridgehead atoms. The molecule has 1 heterocycles. The molecule has 1 aliphatic carbocycles. The van der Waals surface area contributed by atoms with Crippen molar-refractivity contribution in [3.63, 3.8) is 0 Å². The van der Waals surface area contributed by atoms with Crippen LogP contribution in [-0.2, 0) is 0 Å². The summed E-state index contributed by atoms with van der Waals surface area (Å²) in [6.07, 6.45) is 8.19. The van der Waals surface area contributed by atoms with Gasteiger partial charge >= 0.3 is 0 Å². The first-order chi connectivity index (χ1) is 7.42. The number of nitrogens with one attached hydrogen (secondary N) is 1. The van der Waals surface area contributed by atoms with Crippen LogP contribution < -0.4 is 11.3 Å². The van der Waals surface area contributed by atoms with Gasteiger partial charge in [0.1, 0.15) is 0 Å². The van der Waals surface area contributed by atoms with E-state index >= 15 is 0 Å². The van der Waals surface area contributed by atoms with Crippen LogP contribution in [0.2, 0.25) is 0 Å². The Labute approximate surface area is 95.8 Å². The van der Waals surface area contributed by atoms with Crippen molar-refractivity contribution in [2.75, 3.05) is 0 Å². The average molecular weight is 224 g/mol. The van der Waals surface area contributed by atoms with Gasteiger partial charge < -0.3 is 0 Å². The molecule has 2 nitrogen and oxygen atoms in total. The fraction of sp³-hybridized carbons (Fsp3) is 0.667. The summed E-state index contributed by atoms with van der Waals surface area (Å²) in [4.78, 5) is 1.39. The van der Waals surface area contributed by atoms with Crippen LogP contribution in [0.3, 0.4) is 0 Å². The highest BCUT2D eigenvalue weighted by Gasteiger charge is 2.23. The Hall–Kier alpha value is -0.380. The highest BCUT2D eigenvalue weighted by molar-refractivity contribution is 7.10. The van der Waals surface area contributed by atoms with Crippen LogP contribution in [0.1, 0.15) is 49.4 Å². The second kappa shape index (κ2) is 5.64. The van der Waals surface area contributed by atoms with E-state index in [4.69, 9.17) is 5.84 Å². The molecule has 1 aliphatic rings. The van der Waals surface area contributed by atoms with Crippen molar-refractivity contribution in [2.24, 2.45) is 11.8 Å². The lowest BCUT2D eigenvalue weighted by Crippen LogP contribution is -2.32. The zero-order valence-corrected chi connectivity index (χ0v) is 9.93. The molecule has 1 aromatic heterocycles. The van der Waals surface area contributed by atoms with Gasteiger partial charge in [-0.1, -0.05) is 31.7 Å². The minimum Gasteiger partial charge on any atom is -0.271 e. The fourth-order valence-corrected chi connectivity index (χ4v) is 3.44. The Kier molecular flexibility index (Phi) is 4.18. The van der Waals surface area contributed by atoms with Crippen LogP contribution in [-0.4, -0.2) is 0 Å². The first kappa shape index (κ1) is 11.1. The van der Waals surface area contributed by atoms with Gasteiger partial charge in [0, 0.05) is 4.88 Å². The lowest BCUT2D eigenvalue weighted by Gasteiger charge is -2.24. The molecule has 1 aromatic rings. The van der Waals surface area contributed by atoms with Crippen molar-refractivity contribution in [3.8, 4) is 0 Å². The Bertz CT molecular complexity index is 263. The van der Waals surface area contributed by atoms with Gasteiger partial charge in [-0.25, -0.2) is 0 Å². The smallest absolute Gasteiger partial charge is 0.0581 e. The standard InChI is InChI=1S/C12H20N2S/c13-14-12(11-8-5-9-15-11)10-6-3-1-2-4-7-10/h5,8-10,12,14H,1-4,6-7,13H2. The SMILES string of the molecule is NNC(c1cccs1)C1CCCCCC1. The third kappa shape index (κ3) is 2.80. The summed E-state index contributed by atoms with van der Waals surface area (Å²) in [6.45, 7) is 0. The zero-order valence-electron chi connectivity index (χ0n) is 9.11. The highest BCUT2D eigenvalue weighted by Crippen LogP contribution is 2.34. The minimum absolute atomic E-state index is 0.378. The molecule has 3 heteroatoms. The van der Waals surface area contributed by atoms with Crippen molar-refractivity contribution >= 4 is 11.3 Å². The number of nitrogens with two attached hydrogens (primary N) is 1. The molecule has 3 N–H and O–H groups in total. The normalized spacial score (nSPS) is 21.1.